The van der Waals surface area contributed by atoms with E-state index in [-0.39, 0.29) is 18.9 Å². The van der Waals surface area contributed by atoms with Gasteiger partial charge in [-0.15, -0.1) is 11.3 Å². The van der Waals surface area contributed by atoms with E-state index in [0.717, 1.165) is 0 Å². The highest BCUT2D eigenvalue weighted by atomic mass is 32.1. The molecule has 1 aromatic rings. The zero-order valence-electron chi connectivity index (χ0n) is 9.04. The van der Waals surface area contributed by atoms with Crippen LogP contribution < -0.4 is 0 Å². The number of piperidine rings is 1. The van der Waals surface area contributed by atoms with Crippen LogP contribution in [-0.2, 0) is 0 Å². The number of hydrogen-bond donors (Lipinski definition) is 0. The Hall–Kier alpha value is -1.04. The molecule has 1 saturated heterocycles. The first-order chi connectivity index (χ1) is 7.98. The van der Waals surface area contributed by atoms with E-state index in [0.29, 0.717) is 17.8 Å². The van der Waals surface area contributed by atoms with Crippen LogP contribution in [0.5, 0.6) is 0 Å². The fourth-order valence-electron chi connectivity index (χ4n) is 1.98. The van der Waals surface area contributed by atoms with Gasteiger partial charge in [-0.25, -0.2) is 0 Å². The Kier molecular flexibility index (Phi) is 3.42. The third kappa shape index (κ3) is 2.80. The lowest BCUT2D eigenvalue weighted by Gasteiger charge is -2.33. The number of nitrogens with zero attached hydrogens (tertiary/aromatic N) is 1. The maximum absolute atomic E-state index is 12.6. The van der Waals surface area contributed by atoms with Crippen molar-refractivity contribution in [2.75, 3.05) is 13.1 Å². The molecule has 2 nitrogen and oxygen atoms in total. The Balaban J connectivity index is 2.05. The minimum Gasteiger partial charge on any atom is -0.337 e. The summed E-state index contributed by atoms with van der Waals surface area (Å²) < 4.78 is 37.8. The van der Waals surface area contributed by atoms with E-state index in [1.54, 1.807) is 17.5 Å². The number of carbonyl (C=O) groups excluding carboxylic acids is 1. The monoisotopic (exact) mass is 263 g/mol. The molecule has 1 aromatic heterocycles. The fraction of sp³-hybridized carbons (Fsp3) is 0.545. The van der Waals surface area contributed by atoms with Gasteiger partial charge in [0.15, 0.2) is 0 Å². The Bertz CT molecular complexity index is 388. The van der Waals surface area contributed by atoms with Crippen molar-refractivity contribution in [1.29, 1.82) is 0 Å². The molecule has 1 aliphatic rings. The maximum Gasteiger partial charge on any atom is 0.393 e. The molecule has 0 unspecified atom stereocenters. The summed E-state index contributed by atoms with van der Waals surface area (Å²) in [4.78, 5) is 13.7. The normalized spacial score (nSPS) is 21.6. The number of alkyl halides is 3. The lowest BCUT2D eigenvalue weighted by Crippen LogP contribution is -2.44. The van der Waals surface area contributed by atoms with Gasteiger partial charge in [0.25, 0.3) is 5.91 Å². The van der Waals surface area contributed by atoms with Gasteiger partial charge < -0.3 is 4.90 Å². The second-order valence-corrected chi connectivity index (χ2v) is 5.06. The first-order valence-corrected chi connectivity index (χ1v) is 6.26. The molecule has 17 heavy (non-hydrogen) atoms. The van der Waals surface area contributed by atoms with Gasteiger partial charge in [-0.3, -0.25) is 4.79 Å². The van der Waals surface area contributed by atoms with Crippen LogP contribution in [0.4, 0.5) is 13.2 Å². The van der Waals surface area contributed by atoms with Crippen molar-refractivity contribution in [3.63, 3.8) is 0 Å². The zero-order chi connectivity index (χ0) is 12.5. The Morgan fingerprint density at radius 1 is 1.47 bits per heavy atom. The molecule has 0 N–H and O–H groups in total. The first-order valence-electron chi connectivity index (χ1n) is 5.38. The van der Waals surface area contributed by atoms with Crippen LogP contribution in [0.3, 0.4) is 0 Å². The van der Waals surface area contributed by atoms with Crippen LogP contribution in [0.1, 0.15) is 22.5 Å². The van der Waals surface area contributed by atoms with E-state index in [1.807, 2.05) is 0 Å². The largest absolute Gasteiger partial charge is 0.393 e. The molecule has 1 fully saturated rings. The lowest BCUT2D eigenvalue weighted by atomic mass is 9.97. The Labute approximate surface area is 101 Å². The SMILES string of the molecule is O=C(c1cccs1)N1CCC[C@H](C(F)(F)F)C1. The molecule has 0 bridgehead atoms. The summed E-state index contributed by atoms with van der Waals surface area (Å²) in [6.07, 6.45) is -3.66. The highest BCUT2D eigenvalue weighted by Crippen LogP contribution is 2.33. The predicted molar refractivity (Wildman–Crippen MR) is 59.0 cm³/mol. The van der Waals surface area contributed by atoms with Gasteiger partial charge in [0.2, 0.25) is 0 Å². The molecule has 0 spiro atoms. The van der Waals surface area contributed by atoms with Gasteiger partial charge in [-0.1, -0.05) is 6.07 Å². The molecule has 94 valence electrons. The van der Waals surface area contributed by atoms with Gasteiger partial charge >= 0.3 is 6.18 Å². The number of rotatable bonds is 1. The van der Waals surface area contributed by atoms with Crippen molar-refractivity contribution >= 4 is 17.2 Å². The summed E-state index contributed by atoms with van der Waals surface area (Å²) in [6, 6.07) is 3.37. The number of halogens is 3. The molecular formula is C11H12F3NOS. The smallest absolute Gasteiger partial charge is 0.337 e. The van der Waals surface area contributed by atoms with Crippen LogP contribution in [0.15, 0.2) is 17.5 Å². The minimum absolute atomic E-state index is 0.123. The molecule has 0 aliphatic carbocycles. The van der Waals surface area contributed by atoms with Crippen molar-refractivity contribution in [2.45, 2.75) is 19.0 Å². The number of thiophene rings is 1. The maximum atomic E-state index is 12.6. The number of likely N-dealkylation sites (tertiary alicyclic amines) is 1. The topological polar surface area (TPSA) is 20.3 Å². The van der Waals surface area contributed by atoms with E-state index in [4.69, 9.17) is 0 Å². The van der Waals surface area contributed by atoms with E-state index in [2.05, 4.69) is 0 Å². The molecule has 1 atom stereocenters. The summed E-state index contributed by atoms with van der Waals surface area (Å²) in [6.45, 7) is 0.212. The minimum atomic E-state index is -4.20. The van der Waals surface area contributed by atoms with E-state index in [9.17, 15) is 18.0 Å². The van der Waals surface area contributed by atoms with Crippen LogP contribution >= 0.6 is 11.3 Å². The predicted octanol–water partition coefficient (Wildman–Crippen LogP) is 3.16. The molecule has 1 amide bonds. The standard InChI is InChI=1S/C11H12F3NOS/c12-11(13,14)8-3-1-5-15(7-8)10(16)9-4-2-6-17-9/h2,4,6,8H,1,3,5,7H2/t8-/m0/s1. The van der Waals surface area contributed by atoms with Gasteiger partial charge in [0.1, 0.15) is 0 Å². The summed E-state index contributed by atoms with van der Waals surface area (Å²) in [5.74, 6) is -1.66. The molecule has 1 aliphatic heterocycles. The van der Waals surface area contributed by atoms with E-state index in [1.165, 1.54) is 16.2 Å². The number of hydrogen-bond acceptors (Lipinski definition) is 2. The van der Waals surface area contributed by atoms with Crippen molar-refractivity contribution in [1.82, 2.24) is 4.90 Å². The van der Waals surface area contributed by atoms with Crippen molar-refractivity contribution < 1.29 is 18.0 Å². The molecule has 0 aromatic carbocycles. The van der Waals surface area contributed by atoms with Crippen molar-refractivity contribution in [3.8, 4) is 0 Å². The highest BCUT2D eigenvalue weighted by Gasteiger charge is 2.42. The second-order valence-electron chi connectivity index (χ2n) is 4.11. The van der Waals surface area contributed by atoms with Crippen molar-refractivity contribution in [3.05, 3.63) is 22.4 Å². The third-order valence-corrected chi connectivity index (χ3v) is 3.76. The quantitative estimate of drug-likeness (QED) is 0.762. The average Bonchev–Trinajstić information content (AvgIpc) is 2.80. The third-order valence-electron chi connectivity index (χ3n) is 2.90. The fourth-order valence-corrected chi connectivity index (χ4v) is 2.68. The summed E-state index contributed by atoms with van der Waals surface area (Å²) in [5.41, 5.74) is 0. The first kappa shape index (κ1) is 12.4. The Morgan fingerprint density at radius 3 is 2.82 bits per heavy atom. The van der Waals surface area contributed by atoms with Crippen molar-refractivity contribution in [2.24, 2.45) is 5.92 Å². The van der Waals surface area contributed by atoms with Gasteiger partial charge in [-0.05, 0) is 24.3 Å². The van der Waals surface area contributed by atoms with Crippen LogP contribution in [0.25, 0.3) is 0 Å². The summed E-state index contributed by atoms with van der Waals surface area (Å²) in [7, 11) is 0. The molecule has 2 rings (SSSR count). The van der Waals surface area contributed by atoms with E-state index < -0.39 is 12.1 Å². The van der Waals surface area contributed by atoms with Crippen LogP contribution in [-0.4, -0.2) is 30.1 Å². The Morgan fingerprint density at radius 2 is 2.24 bits per heavy atom. The summed E-state index contributed by atoms with van der Waals surface area (Å²) >= 11 is 1.26. The van der Waals surface area contributed by atoms with Gasteiger partial charge in [0.05, 0.1) is 10.8 Å². The highest BCUT2D eigenvalue weighted by molar-refractivity contribution is 7.12. The number of amides is 1. The zero-order valence-corrected chi connectivity index (χ0v) is 9.85. The van der Waals surface area contributed by atoms with E-state index >= 15 is 0 Å². The molecule has 6 heteroatoms. The lowest BCUT2D eigenvalue weighted by molar-refractivity contribution is -0.184. The molecule has 2 heterocycles. The van der Waals surface area contributed by atoms with Gasteiger partial charge in [-0.2, -0.15) is 13.2 Å². The van der Waals surface area contributed by atoms with Crippen LogP contribution in [0, 0.1) is 5.92 Å². The molecule has 0 radical (unpaired) electrons. The van der Waals surface area contributed by atoms with Gasteiger partial charge in [0, 0.05) is 13.1 Å². The average molecular weight is 263 g/mol. The second kappa shape index (κ2) is 4.68. The molecular weight excluding hydrogens is 251 g/mol. The molecule has 0 saturated carbocycles. The summed E-state index contributed by atoms with van der Waals surface area (Å²) in [5, 5.41) is 1.75. The number of carbonyl (C=O) groups is 1. The van der Waals surface area contributed by atoms with Crippen LogP contribution in [0.2, 0.25) is 0 Å².